The predicted molar refractivity (Wildman–Crippen MR) is 106 cm³/mol. The second-order valence-electron chi connectivity index (χ2n) is 7.23. The van der Waals surface area contributed by atoms with E-state index in [0.717, 1.165) is 32.4 Å². The molecule has 1 fully saturated rings. The van der Waals surface area contributed by atoms with E-state index in [-0.39, 0.29) is 30.8 Å². The SMILES string of the molecule is C#C[C@H](CC(=O)OCC)NC(=O)[C@@H]1CCCN(C(=O)CCC2=CCNCC2)C1. The lowest BCUT2D eigenvalue weighted by Gasteiger charge is -2.32. The number of carbonyl (C=O) groups is 3. The summed E-state index contributed by atoms with van der Waals surface area (Å²) in [5, 5.41) is 6.00. The molecule has 0 aromatic rings. The normalized spacial score (nSPS) is 20.5. The van der Waals surface area contributed by atoms with E-state index in [2.05, 4.69) is 22.6 Å². The van der Waals surface area contributed by atoms with E-state index >= 15 is 0 Å². The molecule has 0 aromatic heterocycles. The minimum absolute atomic E-state index is 0.0462. The van der Waals surface area contributed by atoms with Gasteiger partial charge >= 0.3 is 5.97 Å². The molecule has 2 atom stereocenters. The predicted octanol–water partition coefficient (Wildman–Crippen LogP) is 0.996. The zero-order valence-electron chi connectivity index (χ0n) is 16.7. The van der Waals surface area contributed by atoms with Crippen molar-refractivity contribution in [2.75, 3.05) is 32.8 Å². The van der Waals surface area contributed by atoms with Crippen molar-refractivity contribution in [3.63, 3.8) is 0 Å². The molecule has 2 amide bonds. The summed E-state index contributed by atoms with van der Waals surface area (Å²) in [4.78, 5) is 38.5. The zero-order valence-corrected chi connectivity index (χ0v) is 16.7. The lowest BCUT2D eigenvalue weighted by molar-refractivity contribution is -0.143. The average Bonchev–Trinajstić information content (AvgIpc) is 2.72. The summed E-state index contributed by atoms with van der Waals surface area (Å²) in [7, 11) is 0. The summed E-state index contributed by atoms with van der Waals surface area (Å²) in [6, 6.07) is -0.690. The summed E-state index contributed by atoms with van der Waals surface area (Å²) in [6.45, 7) is 4.92. The van der Waals surface area contributed by atoms with Crippen LogP contribution < -0.4 is 10.6 Å². The van der Waals surface area contributed by atoms with Crippen LogP contribution in [0.5, 0.6) is 0 Å². The maximum absolute atomic E-state index is 12.6. The van der Waals surface area contributed by atoms with Gasteiger partial charge in [-0.05, 0) is 39.2 Å². The molecular formula is C21H31N3O4. The molecular weight excluding hydrogens is 358 g/mol. The largest absolute Gasteiger partial charge is 0.466 e. The zero-order chi connectivity index (χ0) is 20.4. The van der Waals surface area contributed by atoms with Crippen LogP contribution in [0.3, 0.4) is 0 Å². The Bertz CT molecular complexity index is 638. The van der Waals surface area contributed by atoms with Crippen LogP contribution in [-0.2, 0) is 19.1 Å². The highest BCUT2D eigenvalue weighted by Gasteiger charge is 2.29. The van der Waals surface area contributed by atoms with E-state index in [0.29, 0.717) is 25.9 Å². The highest BCUT2D eigenvalue weighted by atomic mass is 16.5. The van der Waals surface area contributed by atoms with Crippen LogP contribution in [0.25, 0.3) is 0 Å². The molecule has 28 heavy (non-hydrogen) atoms. The number of amides is 2. The van der Waals surface area contributed by atoms with Gasteiger partial charge in [0.05, 0.1) is 18.9 Å². The number of piperidine rings is 1. The summed E-state index contributed by atoms with van der Waals surface area (Å²) in [6.07, 6.45) is 11.3. The molecule has 2 rings (SSSR count). The van der Waals surface area contributed by atoms with Crippen LogP contribution in [0.2, 0.25) is 0 Å². The lowest BCUT2D eigenvalue weighted by Crippen LogP contribution is -2.47. The lowest BCUT2D eigenvalue weighted by atomic mass is 9.95. The van der Waals surface area contributed by atoms with E-state index < -0.39 is 12.0 Å². The van der Waals surface area contributed by atoms with Gasteiger partial charge in [0.1, 0.15) is 6.04 Å². The van der Waals surface area contributed by atoms with E-state index in [1.807, 2.05) is 0 Å². The second-order valence-corrected chi connectivity index (χ2v) is 7.23. The standard InChI is InChI=1S/C21H31N3O4/c1-3-18(14-20(26)28-4-2)23-21(27)17-6-5-13-24(15-17)19(25)8-7-16-9-11-22-12-10-16/h1,9,17-18,22H,4-8,10-15H2,2H3,(H,23,27)/t17-,18-/m1/s1. The number of ether oxygens (including phenoxy) is 1. The van der Waals surface area contributed by atoms with Gasteiger partial charge < -0.3 is 20.3 Å². The molecule has 0 spiro atoms. The van der Waals surface area contributed by atoms with Crippen molar-refractivity contribution in [2.24, 2.45) is 5.92 Å². The fourth-order valence-electron chi connectivity index (χ4n) is 3.57. The molecule has 0 radical (unpaired) electrons. The third-order valence-corrected chi connectivity index (χ3v) is 5.16. The fraction of sp³-hybridized carbons (Fsp3) is 0.667. The molecule has 7 heteroatoms. The maximum Gasteiger partial charge on any atom is 0.308 e. The number of carbonyl (C=O) groups excluding carboxylic acids is 3. The maximum atomic E-state index is 12.6. The smallest absolute Gasteiger partial charge is 0.308 e. The molecule has 2 aliphatic heterocycles. The minimum atomic E-state index is -0.690. The Hall–Kier alpha value is -2.33. The van der Waals surface area contributed by atoms with Crippen molar-refractivity contribution >= 4 is 17.8 Å². The number of nitrogens with zero attached hydrogens (tertiary/aromatic N) is 1. The average molecular weight is 389 g/mol. The van der Waals surface area contributed by atoms with Crippen LogP contribution in [0, 0.1) is 18.3 Å². The van der Waals surface area contributed by atoms with Crippen LogP contribution in [0.1, 0.15) is 45.4 Å². The van der Waals surface area contributed by atoms with Crippen LogP contribution in [-0.4, -0.2) is 61.5 Å². The Morgan fingerprint density at radius 2 is 2.29 bits per heavy atom. The molecule has 7 nitrogen and oxygen atoms in total. The number of hydrogen-bond donors (Lipinski definition) is 2. The van der Waals surface area contributed by atoms with Gasteiger partial charge in [0.25, 0.3) is 0 Å². The Kier molecular flexibility index (Phi) is 9.02. The van der Waals surface area contributed by atoms with Crippen LogP contribution in [0.15, 0.2) is 11.6 Å². The summed E-state index contributed by atoms with van der Waals surface area (Å²) >= 11 is 0. The van der Waals surface area contributed by atoms with Gasteiger partial charge in [-0.1, -0.05) is 17.6 Å². The van der Waals surface area contributed by atoms with Gasteiger partial charge in [0.2, 0.25) is 11.8 Å². The third-order valence-electron chi connectivity index (χ3n) is 5.16. The Balaban J connectivity index is 1.81. The monoisotopic (exact) mass is 389 g/mol. The first kappa shape index (κ1) is 22.0. The molecule has 2 heterocycles. The highest BCUT2D eigenvalue weighted by molar-refractivity contribution is 5.82. The van der Waals surface area contributed by atoms with Crippen molar-refractivity contribution in [3.8, 4) is 12.3 Å². The Morgan fingerprint density at radius 3 is 2.96 bits per heavy atom. The molecule has 0 unspecified atom stereocenters. The van der Waals surface area contributed by atoms with Crippen molar-refractivity contribution < 1.29 is 19.1 Å². The fourth-order valence-corrected chi connectivity index (χ4v) is 3.57. The van der Waals surface area contributed by atoms with Gasteiger partial charge in [-0.15, -0.1) is 6.42 Å². The molecule has 2 aliphatic rings. The summed E-state index contributed by atoms with van der Waals surface area (Å²) in [5.74, 6) is 1.59. The summed E-state index contributed by atoms with van der Waals surface area (Å²) < 4.78 is 4.88. The number of esters is 1. The molecule has 0 bridgehead atoms. The first-order chi connectivity index (χ1) is 13.5. The number of likely N-dealkylation sites (tertiary alicyclic amines) is 1. The molecule has 2 N–H and O–H groups in total. The van der Waals surface area contributed by atoms with Crippen LogP contribution in [0.4, 0.5) is 0 Å². The summed E-state index contributed by atoms with van der Waals surface area (Å²) in [5.41, 5.74) is 1.33. The quantitative estimate of drug-likeness (QED) is 0.367. The molecule has 0 aliphatic carbocycles. The Morgan fingerprint density at radius 1 is 1.46 bits per heavy atom. The van der Waals surface area contributed by atoms with Gasteiger partial charge in [0, 0.05) is 26.1 Å². The first-order valence-electron chi connectivity index (χ1n) is 10.1. The number of nitrogens with one attached hydrogen (secondary N) is 2. The van der Waals surface area contributed by atoms with Gasteiger partial charge in [0.15, 0.2) is 0 Å². The van der Waals surface area contributed by atoms with Crippen LogP contribution >= 0.6 is 0 Å². The van der Waals surface area contributed by atoms with Crippen molar-refractivity contribution in [3.05, 3.63) is 11.6 Å². The molecule has 1 saturated heterocycles. The highest BCUT2D eigenvalue weighted by Crippen LogP contribution is 2.20. The van der Waals surface area contributed by atoms with Crippen molar-refractivity contribution in [2.45, 2.75) is 51.5 Å². The van der Waals surface area contributed by atoms with E-state index in [4.69, 9.17) is 11.2 Å². The van der Waals surface area contributed by atoms with E-state index in [1.165, 1.54) is 5.57 Å². The topological polar surface area (TPSA) is 87.7 Å². The van der Waals surface area contributed by atoms with E-state index in [9.17, 15) is 14.4 Å². The third kappa shape index (κ3) is 7.01. The van der Waals surface area contributed by atoms with Gasteiger partial charge in [-0.3, -0.25) is 14.4 Å². The second kappa shape index (κ2) is 11.5. The first-order valence-corrected chi connectivity index (χ1v) is 10.1. The van der Waals surface area contributed by atoms with Crippen molar-refractivity contribution in [1.82, 2.24) is 15.5 Å². The van der Waals surface area contributed by atoms with Gasteiger partial charge in [-0.2, -0.15) is 0 Å². The number of hydrogen-bond acceptors (Lipinski definition) is 5. The van der Waals surface area contributed by atoms with Crippen molar-refractivity contribution in [1.29, 1.82) is 0 Å². The molecule has 0 saturated carbocycles. The Labute approximate surface area is 167 Å². The minimum Gasteiger partial charge on any atom is -0.466 e. The van der Waals surface area contributed by atoms with E-state index in [1.54, 1.807) is 11.8 Å². The van der Waals surface area contributed by atoms with Gasteiger partial charge in [-0.25, -0.2) is 0 Å². The number of terminal acetylenes is 1. The molecule has 0 aromatic carbocycles. The number of rotatable bonds is 8. The molecule has 154 valence electrons.